The zero-order valence-corrected chi connectivity index (χ0v) is 15.1. The summed E-state index contributed by atoms with van der Waals surface area (Å²) in [5.74, 6) is -1.26. The van der Waals surface area contributed by atoms with Crippen molar-refractivity contribution in [2.24, 2.45) is 0 Å². The number of hydrogen-bond acceptors (Lipinski definition) is 3. The topological polar surface area (TPSA) is 66.5 Å². The van der Waals surface area contributed by atoms with Gasteiger partial charge in [0.2, 0.25) is 15.9 Å². The number of rotatable bonds is 5. The number of carbonyl (C=O) groups is 1. The Morgan fingerprint density at radius 1 is 1.17 bits per heavy atom. The maximum atomic E-state index is 13.9. The van der Waals surface area contributed by atoms with Gasteiger partial charge in [-0.05, 0) is 59.0 Å². The van der Waals surface area contributed by atoms with Gasteiger partial charge in [-0.15, -0.1) is 0 Å². The van der Waals surface area contributed by atoms with Gasteiger partial charge in [-0.25, -0.2) is 12.8 Å². The largest absolute Gasteiger partial charge is 0.325 e. The van der Waals surface area contributed by atoms with Crippen molar-refractivity contribution in [2.75, 3.05) is 22.4 Å². The maximum Gasteiger partial charge on any atom is 0.245 e. The van der Waals surface area contributed by atoms with E-state index in [0.717, 1.165) is 20.2 Å². The molecule has 0 saturated carbocycles. The Morgan fingerprint density at radius 2 is 1.78 bits per heavy atom. The Morgan fingerprint density at radius 3 is 2.35 bits per heavy atom. The van der Waals surface area contributed by atoms with Crippen molar-refractivity contribution in [2.45, 2.75) is 0 Å². The normalized spacial score (nSPS) is 11.1. The molecule has 0 saturated heterocycles. The summed E-state index contributed by atoms with van der Waals surface area (Å²) >= 11 is 2.13. The van der Waals surface area contributed by atoms with Crippen LogP contribution in [0.1, 0.15) is 0 Å². The summed E-state index contributed by atoms with van der Waals surface area (Å²) < 4.78 is 39.4. The minimum absolute atomic E-state index is 0.159. The van der Waals surface area contributed by atoms with Crippen LogP contribution in [0.3, 0.4) is 0 Å². The van der Waals surface area contributed by atoms with Crippen LogP contribution in [0.5, 0.6) is 0 Å². The molecule has 0 radical (unpaired) electrons. The van der Waals surface area contributed by atoms with Gasteiger partial charge in [0, 0.05) is 9.26 Å². The Hall–Kier alpha value is -1.68. The molecule has 0 heterocycles. The molecule has 0 fully saturated rings. The number of para-hydroxylation sites is 1. The van der Waals surface area contributed by atoms with Crippen molar-refractivity contribution >= 4 is 49.9 Å². The molecule has 2 rings (SSSR count). The highest BCUT2D eigenvalue weighted by atomic mass is 127. The highest BCUT2D eigenvalue weighted by molar-refractivity contribution is 14.1. The lowest BCUT2D eigenvalue weighted by Crippen LogP contribution is -2.38. The van der Waals surface area contributed by atoms with Gasteiger partial charge in [0.25, 0.3) is 0 Å². The lowest BCUT2D eigenvalue weighted by molar-refractivity contribution is -0.114. The van der Waals surface area contributed by atoms with Crippen LogP contribution in [0, 0.1) is 9.39 Å². The molecule has 1 amide bonds. The lowest BCUT2D eigenvalue weighted by Gasteiger charge is -2.22. The van der Waals surface area contributed by atoms with Crippen LogP contribution in [0.15, 0.2) is 48.5 Å². The van der Waals surface area contributed by atoms with Gasteiger partial charge in [0.05, 0.1) is 11.9 Å². The van der Waals surface area contributed by atoms with Crippen molar-refractivity contribution in [1.29, 1.82) is 0 Å². The van der Waals surface area contributed by atoms with E-state index in [9.17, 15) is 17.6 Å². The predicted octanol–water partition coefficient (Wildman–Crippen LogP) is 2.84. The molecule has 0 spiro atoms. The molecule has 122 valence electrons. The van der Waals surface area contributed by atoms with Gasteiger partial charge >= 0.3 is 0 Å². The molecular weight excluding hydrogens is 434 g/mol. The first kappa shape index (κ1) is 17.7. The highest BCUT2D eigenvalue weighted by Crippen LogP contribution is 2.21. The number of amides is 1. The number of nitrogens with zero attached hydrogens (tertiary/aromatic N) is 1. The first-order chi connectivity index (χ1) is 10.8. The molecule has 2 aromatic carbocycles. The molecule has 0 unspecified atom stereocenters. The van der Waals surface area contributed by atoms with Crippen LogP contribution in [0.25, 0.3) is 0 Å². The number of sulfonamides is 1. The number of anilines is 2. The highest BCUT2D eigenvalue weighted by Gasteiger charge is 2.23. The van der Waals surface area contributed by atoms with Crippen LogP contribution in [-0.4, -0.2) is 27.1 Å². The molecule has 23 heavy (non-hydrogen) atoms. The summed E-state index contributed by atoms with van der Waals surface area (Å²) in [4.78, 5) is 12.1. The standard InChI is InChI=1S/C15H14FIN2O3S/c1-23(21,22)19(14-5-3-2-4-13(14)16)10-15(20)18-12-8-6-11(17)7-9-12/h2-9H,10H2,1H3,(H,18,20). The van der Waals surface area contributed by atoms with Gasteiger partial charge in [0.1, 0.15) is 12.4 Å². The maximum absolute atomic E-state index is 13.9. The van der Waals surface area contributed by atoms with Gasteiger partial charge in [-0.2, -0.15) is 0 Å². The summed E-state index contributed by atoms with van der Waals surface area (Å²) in [6.45, 7) is -0.508. The van der Waals surface area contributed by atoms with Crippen molar-refractivity contribution in [3.63, 3.8) is 0 Å². The fourth-order valence-corrected chi connectivity index (χ4v) is 3.12. The lowest BCUT2D eigenvalue weighted by atomic mass is 10.3. The third-order valence-corrected chi connectivity index (χ3v) is 4.78. The predicted molar refractivity (Wildman–Crippen MR) is 96.4 cm³/mol. The number of halogens is 2. The smallest absolute Gasteiger partial charge is 0.245 e. The Kier molecular flexibility index (Phi) is 5.58. The molecule has 0 aliphatic carbocycles. The number of carbonyl (C=O) groups excluding carboxylic acids is 1. The summed E-state index contributed by atoms with van der Waals surface area (Å²) in [6, 6.07) is 12.4. The van der Waals surface area contributed by atoms with Crippen LogP contribution >= 0.6 is 22.6 Å². The van der Waals surface area contributed by atoms with Crippen LogP contribution < -0.4 is 9.62 Å². The van der Waals surface area contributed by atoms with Gasteiger partial charge in [0.15, 0.2) is 0 Å². The SMILES string of the molecule is CS(=O)(=O)N(CC(=O)Nc1ccc(I)cc1)c1ccccc1F. The number of hydrogen-bond donors (Lipinski definition) is 1. The second kappa shape index (κ2) is 7.26. The summed E-state index contributed by atoms with van der Waals surface area (Å²) in [7, 11) is -3.80. The van der Waals surface area contributed by atoms with E-state index >= 15 is 0 Å². The van der Waals surface area contributed by atoms with Crippen molar-refractivity contribution in [3.05, 3.63) is 57.9 Å². The first-order valence-corrected chi connectivity index (χ1v) is 9.48. The number of nitrogens with one attached hydrogen (secondary N) is 1. The fraction of sp³-hybridized carbons (Fsp3) is 0.133. The van der Waals surface area contributed by atoms with E-state index in [1.807, 2.05) is 0 Å². The van der Waals surface area contributed by atoms with E-state index in [1.54, 1.807) is 24.3 Å². The van der Waals surface area contributed by atoms with Gasteiger partial charge < -0.3 is 5.32 Å². The molecule has 5 nitrogen and oxygen atoms in total. The van der Waals surface area contributed by atoms with Crippen LogP contribution in [0.4, 0.5) is 15.8 Å². The third kappa shape index (κ3) is 4.90. The first-order valence-electron chi connectivity index (χ1n) is 6.55. The molecule has 0 aromatic heterocycles. The number of benzene rings is 2. The van der Waals surface area contributed by atoms with E-state index in [1.165, 1.54) is 18.2 Å². The van der Waals surface area contributed by atoms with E-state index in [-0.39, 0.29) is 5.69 Å². The monoisotopic (exact) mass is 448 g/mol. The average Bonchev–Trinajstić information content (AvgIpc) is 2.47. The summed E-state index contributed by atoms with van der Waals surface area (Å²) in [6.07, 6.45) is 0.928. The van der Waals surface area contributed by atoms with Gasteiger partial charge in [-0.1, -0.05) is 12.1 Å². The van der Waals surface area contributed by atoms with Crippen molar-refractivity contribution < 1.29 is 17.6 Å². The third-order valence-electron chi connectivity index (χ3n) is 2.94. The molecule has 0 atom stereocenters. The summed E-state index contributed by atoms with van der Waals surface area (Å²) in [5, 5.41) is 2.59. The van der Waals surface area contributed by atoms with E-state index in [4.69, 9.17) is 0 Å². The zero-order chi connectivity index (χ0) is 17.0. The second-order valence-electron chi connectivity index (χ2n) is 4.78. The zero-order valence-electron chi connectivity index (χ0n) is 12.2. The van der Waals surface area contributed by atoms with E-state index in [0.29, 0.717) is 5.69 Å². The van der Waals surface area contributed by atoms with Crippen LogP contribution in [0.2, 0.25) is 0 Å². The molecule has 0 bridgehead atoms. The van der Waals surface area contributed by atoms with Crippen LogP contribution in [-0.2, 0) is 14.8 Å². The Balaban J connectivity index is 2.20. The summed E-state index contributed by atoms with van der Waals surface area (Å²) in [5.41, 5.74) is 0.380. The minimum Gasteiger partial charge on any atom is -0.325 e. The fourth-order valence-electron chi connectivity index (χ4n) is 1.90. The van der Waals surface area contributed by atoms with Crippen molar-refractivity contribution in [3.8, 4) is 0 Å². The quantitative estimate of drug-likeness (QED) is 0.716. The Labute approximate surface area is 147 Å². The van der Waals surface area contributed by atoms with Crippen molar-refractivity contribution in [1.82, 2.24) is 0 Å². The Bertz CT molecular complexity index is 810. The molecule has 8 heteroatoms. The minimum atomic E-state index is -3.80. The second-order valence-corrected chi connectivity index (χ2v) is 7.93. The molecule has 0 aliphatic heterocycles. The average molecular weight is 448 g/mol. The van der Waals surface area contributed by atoms with E-state index < -0.39 is 28.3 Å². The molecule has 1 N–H and O–H groups in total. The molecule has 0 aliphatic rings. The molecular formula is C15H14FIN2O3S. The molecule has 2 aromatic rings. The van der Waals surface area contributed by atoms with E-state index in [2.05, 4.69) is 27.9 Å². The van der Waals surface area contributed by atoms with Gasteiger partial charge in [-0.3, -0.25) is 9.10 Å².